The second-order valence-corrected chi connectivity index (χ2v) is 4.96. The summed E-state index contributed by atoms with van der Waals surface area (Å²) in [6.45, 7) is 9.10. The van der Waals surface area contributed by atoms with Crippen molar-refractivity contribution in [2.45, 2.75) is 40.3 Å². The van der Waals surface area contributed by atoms with Crippen LogP contribution in [0, 0.1) is 13.8 Å². The van der Waals surface area contributed by atoms with E-state index in [2.05, 4.69) is 40.7 Å². The fraction of sp³-hybridized carbons (Fsp3) is 0.571. The Balaban J connectivity index is 2.13. The first-order chi connectivity index (χ1) is 9.13. The van der Waals surface area contributed by atoms with E-state index in [-0.39, 0.29) is 0 Å². The summed E-state index contributed by atoms with van der Waals surface area (Å²) in [5.74, 6) is 0. The summed E-state index contributed by atoms with van der Waals surface area (Å²) in [7, 11) is 1.99. The average Bonchev–Trinajstić information content (AvgIpc) is 2.91. The minimum atomic E-state index is 0.842. The zero-order valence-corrected chi connectivity index (χ0v) is 12.3. The molecule has 0 amide bonds. The van der Waals surface area contributed by atoms with Crippen LogP contribution < -0.4 is 5.32 Å². The minimum Gasteiger partial charge on any atom is -0.329 e. The molecule has 0 aliphatic rings. The highest BCUT2D eigenvalue weighted by Crippen LogP contribution is 2.14. The Morgan fingerprint density at radius 1 is 1.32 bits per heavy atom. The van der Waals surface area contributed by atoms with Crippen molar-refractivity contribution in [2.75, 3.05) is 6.54 Å². The molecule has 19 heavy (non-hydrogen) atoms. The molecule has 0 atom stereocenters. The van der Waals surface area contributed by atoms with E-state index < -0.39 is 0 Å². The summed E-state index contributed by atoms with van der Waals surface area (Å²) in [6, 6.07) is 0. The SMILES string of the molecule is CCCNCc1cncn1Cc1c(C)nn(C)c1C. The molecule has 0 aromatic carbocycles. The third kappa shape index (κ3) is 3.04. The van der Waals surface area contributed by atoms with E-state index in [0.29, 0.717) is 0 Å². The Labute approximate surface area is 114 Å². The number of hydrogen-bond donors (Lipinski definition) is 1. The van der Waals surface area contributed by atoms with E-state index in [9.17, 15) is 0 Å². The van der Waals surface area contributed by atoms with Gasteiger partial charge in [-0.15, -0.1) is 0 Å². The van der Waals surface area contributed by atoms with Gasteiger partial charge < -0.3 is 9.88 Å². The number of rotatable bonds is 6. The van der Waals surface area contributed by atoms with Crippen LogP contribution in [0.3, 0.4) is 0 Å². The number of nitrogens with one attached hydrogen (secondary N) is 1. The van der Waals surface area contributed by atoms with Crippen molar-refractivity contribution in [3.8, 4) is 0 Å². The van der Waals surface area contributed by atoms with Crippen molar-refractivity contribution in [1.29, 1.82) is 0 Å². The Morgan fingerprint density at radius 2 is 2.11 bits per heavy atom. The van der Waals surface area contributed by atoms with Crippen LogP contribution in [0.25, 0.3) is 0 Å². The van der Waals surface area contributed by atoms with Gasteiger partial charge in [0.25, 0.3) is 0 Å². The van der Waals surface area contributed by atoms with Crippen LogP contribution in [0.5, 0.6) is 0 Å². The summed E-state index contributed by atoms with van der Waals surface area (Å²) >= 11 is 0. The molecule has 0 bridgehead atoms. The summed E-state index contributed by atoms with van der Waals surface area (Å²) in [5, 5.41) is 7.88. The highest BCUT2D eigenvalue weighted by atomic mass is 15.3. The van der Waals surface area contributed by atoms with E-state index in [1.165, 1.54) is 17.0 Å². The molecule has 0 spiro atoms. The summed E-state index contributed by atoms with van der Waals surface area (Å²) in [6.07, 6.45) is 4.98. The molecule has 2 rings (SSSR count). The summed E-state index contributed by atoms with van der Waals surface area (Å²) in [4.78, 5) is 4.26. The van der Waals surface area contributed by atoms with Crippen LogP contribution >= 0.6 is 0 Å². The average molecular weight is 261 g/mol. The number of aryl methyl sites for hydroxylation is 2. The Morgan fingerprint density at radius 3 is 2.74 bits per heavy atom. The van der Waals surface area contributed by atoms with Crippen molar-refractivity contribution < 1.29 is 0 Å². The molecule has 0 fully saturated rings. The van der Waals surface area contributed by atoms with E-state index in [1.807, 2.05) is 24.3 Å². The summed E-state index contributed by atoms with van der Waals surface area (Å²) in [5.41, 5.74) is 4.83. The zero-order valence-electron chi connectivity index (χ0n) is 12.3. The van der Waals surface area contributed by atoms with Gasteiger partial charge in [0.15, 0.2) is 0 Å². The first kappa shape index (κ1) is 13.8. The van der Waals surface area contributed by atoms with E-state index in [1.54, 1.807) is 0 Å². The highest BCUT2D eigenvalue weighted by Gasteiger charge is 2.11. The molecule has 1 N–H and O–H groups in total. The van der Waals surface area contributed by atoms with Gasteiger partial charge in [-0.05, 0) is 26.8 Å². The maximum absolute atomic E-state index is 4.46. The Bertz CT molecular complexity index is 538. The van der Waals surface area contributed by atoms with Crippen molar-refractivity contribution in [2.24, 2.45) is 7.05 Å². The Kier molecular flexibility index (Phi) is 4.37. The molecule has 2 aromatic rings. The van der Waals surface area contributed by atoms with Gasteiger partial charge in [0, 0.05) is 31.0 Å². The normalized spacial score (nSPS) is 11.2. The lowest BCUT2D eigenvalue weighted by Crippen LogP contribution is -2.17. The van der Waals surface area contributed by atoms with Crippen LogP contribution in [-0.4, -0.2) is 25.9 Å². The molecule has 0 aliphatic carbocycles. The van der Waals surface area contributed by atoms with Gasteiger partial charge in [-0.25, -0.2) is 4.98 Å². The molecule has 0 saturated heterocycles. The lowest BCUT2D eigenvalue weighted by atomic mass is 10.2. The lowest BCUT2D eigenvalue weighted by Gasteiger charge is -2.09. The van der Waals surface area contributed by atoms with Gasteiger partial charge in [0.05, 0.1) is 24.3 Å². The first-order valence-corrected chi connectivity index (χ1v) is 6.82. The second kappa shape index (κ2) is 6.02. The number of imidazole rings is 1. The lowest BCUT2D eigenvalue weighted by molar-refractivity contribution is 0.628. The fourth-order valence-electron chi connectivity index (χ4n) is 2.25. The van der Waals surface area contributed by atoms with Crippen LogP contribution in [0.2, 0.25) is 0 Å². The van der Waals surface area contributed by atoms with Gasteiger partial charge in [-0.2, -0.15) is 5.10 Å². The van der Waals surface area contributed by atoms with Crippen molar-refractivity contribution in [3.63, 3.8) is 0 Å². The number of aromatic nitrogens is 4. The van der Waals surface area contributed by atoms with Gasteiger partial charge in [0.1, 0.15) is 0 Å². The molecule has 0 radical (unpaired) electrons. The van der Waals surface area contributed by atoms with Gasteiger partial charge in [-0.1, -0.05) is 6.92 Å². The van der Waals surface area contributed by atoms with Gasteiger partial charge in [0.2, 0.25) is 0 Å². The third-order valence-corrected chi connectivity index (χ3v) is 3.52. The molecule has 104 valence electrons. The fourth-order valence-corrected chi connectivity index (χ4v) is 2.25. The molecule has 2 aromatic heterocycles. The van der Waals surface area contributed by atoms with Gasteiger partial charge in [-0.3, -0.25) is 4.68 Å². The number of hydrogen-bond acceptors (Lipinski definition) is 3. The van der Waals surface area contributed by atoms with Crippen molar-refractivity contribution in [1.82, 2.24) is 24.6 Å². The second-order valence-electron chi connectivity index (χ2n) is 4.96. The zero-order chi connectivity index (χ0) is 13.8. The topological polar surface area (TPSA) is 47.7 Å². The number of nitrogens with zero attached hydrogens (tertiary/aromatic N) is 4. The smallest absolute Gasteiger partial charge is 0.0951 e. The molecule has 5 nitrogen and oxygen atoms in total. The van der Waals surface area contributed by atoms with Crippen molar-refractivity contribution >= 4 is 0 Å². The molecule has 5 heteroatoms. The van der Waals surface area contributed by atoms with E-state index >= 15 is 0 Å². The highest BCUT2D eigenvalue weighted by molar-refractivity contribution is 5.25. The Hall–Kier alpha value is -1.62. The molecule has 2 heterocycles. The minimum absolute atomic E-state index is 0.842. The van der Waals surface area contributed by atoms with E-state index in [4.69, 9.17) is 0 Å². The molecular weight excluding hydrogens is 238 g/mol. The van der Waals surface area contributed by atoms with Crippen LogP contribution in [0.4, 0.5) is 0 Å². The third-order valence-electron chi connectivity index (χ3n) is 3.52. The summed E-state index contributed by atoms with van der Waals surface area (Å²) < 4.78 is 4.14. The maximum atomic E-state index is 4.46. The monoisotopic (exact) mass is 261 g/mol. The largest absolute Gasteiger partial charge is 0.329 e. The molecular formula is C14H23N5. The van der Waals surface area contributed by atoms with Crippen LogP contribution in [0.15, 0.2) is 12.5 Å². The molecule has 0 saturated carbocycles. The van der Waals surface area contributed by atoms with E-state index in [0.717, 1.165) is 31.7 Å². The maximum Gasteiger partial charge on any atom is 0.0951 e. The quantitative estimate of drug-likeness (QED) is 0.806. The van der Waals surface area contributed by atoms with Crippen LogP contribution in [-0.2, 0) is 20.1 Å². The molecule has 0 aliphatic heterocycles. The predicted octanol–water partition coefficient (Wildman–Crippen LogP) is 1.78. The van der Waals surface area contributed by atoms with Crippen LogP contribution in [0.1, 0.15) is 36.0 Å². The predicted molar refractivity (Wildman–Crippen MR) is 76.0 cm³/mol. The standard InChI is InChI=1S/C14H23N5/c1-5-6-15-7-13-8-16-10-19(13)9-14-11(2)17-18(4)12(14)3/h8,10,15H,5-7,9H2,1-4H3. The van der Waals surface area contributed by atoms with Gasteiger partial charge >= 0.3 is 0 Å². The van der Waals surface area contributed by atoms with Crippen molar-refractivity contribution in [3.05, 3.63) is 35.2 Å². The molecule has 0 unspecified atom stereocenters. The first-order valence-electron chi connectivity index (χ1n) is 6.82.